The summed E-state index contributed by atoms with van der Waals surface area (Å²) in [6, 6.07) is 26.7. The molecule has 0 aliphatic carbocycles. The first kappa shape index (κ1) is 56.6. The highest BCUT2D eigenvalue weighted by molar-refractivity contribution is 6.25. The van der Waals surface area contributed by atoms with E-state index in [4.69, 9.17) is 28.8 Å². The first-order valence-corrected chi connectivity index (χ1v) is 25.5. The summed E-state index contributed by atoms with van der Waals surface area (Å²) in [5.41, 5.74) is 5.68. The summed E-state index contributed by atoms with van der Waals surface area (Å²) >= 11 is 0. The van der Waals surface area contributed by atoms with Gasteiger partial charge in [-0.2, -0.15) is 0 Å². The number of carbonyl (C=O) groups excluding carboxylic acids is 5. The minimum Gasteiger partial charge on any atom is -0.491 e. The Morgan fingerprint density at radius 1 is 0.737 bits per heavy atom. The first-order valence-electron chi connectivity index (χ1n) is 25.5. The lowest BCUT2D eigenvalue weighted by Gasteiger charge is -2.27. The lowest BCUT2D eigenvalue weighted by molar-refractivity contribution is -0.140. The minimum absolute atomic E-state index is 0.0439. The van der Waals surface area contributed by atoms with Gasteiger partial charge in [-0.25, -0.2) is 4.39 Å². The maximum absolute atomic E-state index is 14.7. The number of piperidine rings is 1. The van der Waals surface area contributed by atoms with Gasteiger partial charge in [0.2, 0.25) is 11.8 Å². The molecule has 19 heteroatoms. The van der Waals surface area contributed by atoms with Gasteiger partial charge in [-0.15, -0.1) is 0 Å². The highest BCUT2D eigenvalue weighted by Crippen LogP contribution is 2.43. The fourth-order valence-corrected chi connectivity index (χ4v) is 9.42. The monoisotopic (exact) mass is 1050 g/mol. The Hall–Kier alpha value is -7.13. The number of nitrogens with zero attached hydrogens (tertiary/aromatic N) is 2. The minimum atomic E-state index is -1.22. The van der Waals surface area contributed by atoms with Gasteiger partial charge >= 0.3 is 5.97 Å². The van der Waals surface area contributed by atoms with E-state index < -0.39 is 60.1 Å². The SMILES string of the molecule is CC(C)c1c(C(=O)Cc2ccc(OCCOCCOCCOCCOCCNc3cccc4c3C(=O)N(C3CCC(=O)NC3=O)C4=O)cc2)c(-c2ccccc2)c(-c2ccc(F)cc2)n1CC[C@@H](O)C[C@@H](O)CC(=O)O. The van der Waals surface area contributed by atoms with Crippen LogP contribution in [0.5, 0.6) is 5.75 Å². The van der Waals surface area contributed by atoms with Crippen molar-refractivity contribution >= 4 is 41.1 Å². The molecule has 404 valence electrons. The number of benzene rings is 4. The Bertz CT molecular complexity index is 2800. The number of aliphatic hydroxyl groups excluding tert-OH is 2. The van der Waals surface area contributed by atoms with E-state index in [1.54, 1.807) is 36.4 Å². The zero-order valence-electron chi connectivity index (χ0n) is 42.7. The molecule has 7 rings (SSSR count). The number of imide groups is 2. The van der Waals surface area contributed by atoms with Gasteiger partial charge in [0.05, 0.1) is 88.3 Å². The number of ketones is 1. The van der Waals surface area contributed by atoms with Gasteiger partial charge in [-0.05, 0) is 90.4 Å². The van der Waals surface area contributed by atoms with Crippen molar-refractivity contribution < 1.29 is 72.2 Å². The van der Waals surface area contributed by atoms with Crippen molar-refractivity contribution in [3.05, 3.63) is 131 Å². The summed E-state index contributed by atoms with van der Waals surface area (Å²) in [4.78, 5) is 77.1. The number of anilines is 1. The van der Waals surface area contributed by atoms with Gasteiger partial charge in [-0.3, -0.25) is 39.0 Å². The van der Waals surface area contributed by atoms with Crippen LogP contribution >= 0.6 is 0 Å². The van der Waals surface area contributed by atoms with E-state index >= 15 is 0 Å². The van der Waals surface area contributed by atoms with Crippen LogP contribution < -0.4 is 15.4 Å². The van der Waals surface area contributed by atoms with E-state index in [1.165, 1.54) is 18.2 Å². The molecule has 2 aliphatic heterocycles. The zero-order chi connectivity index (χ0) is 54.1. The van der Waals surface area contributed by atoms with Gasteiger partial charge < -0.3 is 48.9 Å². The average molecular weight is 1050 g/mol. The van der Waals surface area contributed by atoms with Crippen LogP contribution in [-0.4, -0.2) is 144 Å². The van der Waals surface area contributed by atoms with Crippen molar-refractivity contribution in [1.29, 1.82) is 0 Å². The molecule has 0 saturated carbocycles. The van der Waals surface area contributed by atoms with Crippen molar-refractivity contribution in [2.24, 2.45) is 0 Å². The molecule has 3 atom stereocenters. The number of aliphatic carboxylic acids is 1. The summed E-state index contributed by atoms with van der Waals surface area (Å²) < 4.78 is 44.7. The van der Waals surface area contributed by atoms with Crippen LogP contribution in [0.25, 0.3) is 22.4 Å². The number of hydrogen-bond acceptors (Lipinski definition) is 14. The summed E-state index contributed by atoms with van der Waals surface area (Å²) in [6.45, 7) is 7.57. The number of carbonyl (C=O) groups is 6. The molecule has 0 bridgehead atoms. The number of carboxylic acids is 1. The number of ether oxygens (including phenoxy) is 5. The van der Waals surface area contributed by atoms with Gasteiger partial charge in [-0.1, -0.05) is 62.4 Å². The molecule has 5 N–H and O–H groups in total. The first-order chi connectivity index (χ1) is 36.7. The summed E-state index contributed by atoms with van der Waals surface area (Å²) in [5.74, 6) is -3.52. The van der Waals surface area contributed by atoms with Crippen LogP contribution in [0, 0.1) is 5.82 Å². The van der Waals surface area contributed by atoms with E-state index in [2.05, 4.69) is 10.6 Å². The average Bonchev–Trinajstić information content (AvgIpc) is 3.91. The summed E-state index contributed by atoms with van der Waals surface area (Å²) in [5, 5.41) is 35.6. The van der Waals surface area contributed by atoms with Crippen molar-refractivity contribution in [2.75, 3.05) is 71.3 Å². The number of Topliss-reactive ketones (excluding diaryl/α,β-unsaturated/α-hetero) is 1. The fourth-order valence-electron chi connectivity index (χ4n) is 9.42. The van der Waals surface area contributed by atoms with E-state index in [0.29, 0.717) is 93.2 Å². The number of amides is 4. The second-order valence-corrected chi connectivity index (χ2v) is 18.7. The Kier molecular flexibility index (Phi) is 20.5. The highest BCUT2D eigenvalue weighted by Gasteiger charge is 2.45. The molecule has 4 aromatic carbocycles. The van der Waals surface area contributed by atoms with Crippen LogP contribution in [0.4, 0.5) is 10.1 Å². The Morgan fingerprint density at radius 2 is 1.38 bits per heavy atom. The van der Waals surface area contributed by atoms with E-state index in [1.807, 2.05) is 60.9 Å². The second-order valence-electron chi connectivity index (χ2n) is 18.7. The van der Waals surface area contributed by atoms with Crippen LogP contribution in [0.3, 0.4) is 0 Å². The number of halogens is 1. The lowest BCUT2D eigenvalue weighted by Crippen LogP contribution is -2.54. The molecule has 76 heavy (non-hydrogen) atoms. The van der Waals surface area contributed by atoms with Gasteiger partial charge in [0.25, 0.3) is 11.8 Å². The van der Waals surface area contributed by atoms with Crippen molar-refractivity contribution in [2.45, 2.75) is 83.1 Å². The smallest absolute Gasteiger partial charge is 0.305 e. The standard InChI is InChI=1S/C57H65FN4O14/c1-36(2)53-52(50(38-7-4-3-5-8-38)54(39-13-15-40(58)16-14-39)61(53)23-21-41(63)34-42(64)35-49(67)68)47(65)33-37-11-17-43(18-12-37)76-32-31-75-30-29-74-28-27-73-26-25-72-24-22-59-45-10-6-9-44-51(45)57(71)62(56(44)70)46-19-20-48(66)60-55(46)69/h3-18,36,41-42,46,59,63-64H,19-35H2,1-2H3,(H,67,68)(H,60,66,69)/t41-,42-,46?/m1/s1. The zero-order valence-corrected chi connectivity index (χ0v) is 42.7. The number of aliphatic hydroxyl groups is 2. The predicted molar refractivity (Wildman–Crippen MR) is 278 cm³/mol. The fraction of sp³-hybridized carbons (Fsp3) is 0.404. The van der Waals surface area contributed by atoms with Crippen LogP contribution in [0.15, 0.2) is 97.1 Å². The highest BCUT2D eigenvalue weighted by atomic mass is 19.1. The number of hydrogen-bond donors (Lipinski definition) is 5. The van der Waals surface area contributed by atoms with Crippen molar-refractivity contribution in [3.63, 3.8) is 0 Å². The normalized spacial score (nSPS) is 15.2. The molecule has 18 nitrogen and oxygen atoms in total. The second kappa shape index (κ2) is 27.6. The number of nitrogens with one attached hydrogen (secondary N) is 2. The van der Waals surface area contributed by atoms with Gasteiger partial charge in [0, 0.05) is 48.4 Å². The Balaban J connectivity index is 0.812. The molecule has 2 aliphatic rings. The van der Waals surface area contributed by atoms with Crippen molar-refractivity contribution in [3.8, 4) is 28.1 Å². The Morgan fingerprint density at radius 3 is 2.01 bits per heavy atom. The van der Waals surface area contributed by atoms with E-state index in [-0.39, 0.29) is 68.1 Å². The maximum Gasteiger partial charge on any atom is 0.305 e. The molecule has 1 unspecified atom stereocenters. The molecule has 5 aromatic rings. The molecular formula is C57H65FN4O14. The Labute approximate surface area is 440 Å². The maximum atomic E-state index is 14.7. The third kappa shape index (κ3) is 14.8. The lowest BCUT2D eigenvalue weighted by atomic mass is 9.90. The van der Waals surface area contributed by atoms with Crippen LogP contribution in [0.2, 0.25) is 0 Å². The van der Waals surface area contributed by atoms with Gasteiger partial charge in [0.15, 0.2) is 5.78 Å². The third-order valence-corrected chi connectivity index (χ3v) is 12.9. The van der Waals surface area contributed by atoms with Crippen LogP contribution in [0.1, 0.15) is 94.2 Å². The quantitative estimate of drug-likeness (QED) is 0.0182. The van der Waals surface area contributed by atoms with E-state index in [9.17, 15) is 43.4 Å². The molecular weight excluding hydrogens is 984 g/mol. The molecule has 1 saturated heterocycles. The molecule has 1 fully saturated rings. The topological polar surface area (TPSA) is 241 Å². The van der Waals surface area contributed by atoms with Crippen LogP contribution in [-0.2, 0) is 46.3 Å². The number of rotatable bonds is 31. The third-order valence-electron chi connectivity index (χ3n) is 12.9. The number of aromatic nitrogens is 1. The molecule has 3 heterocycles. The van der Waals surface area contributed by atoms with E-state index in [0.717, 1.165) is 21.7 Å². The summed E-state index contributed by atoms with van der Waals surface area (Å²) in [7, 11) is 0. The number of fused-ring (bicyclic) bond motifs is 1. The molecule has 0 radical (unpaired) electrons. The van der Waals surface area contributed by atoms with Crippen molar-refractivity contribution in [1.82, 2.24) is 14.8 Å². The molecule has 1 aromatic heterocycles. The molecule has 0 spiro atoms. The van der Waals surface area contributed by atoms with Gasteiger partial charge in [0.1, 0.15) is 24.2 Å². The largest absolute Gasteiger partial charge is 0.491 e. The summed E-state index contributed by atoms with van der Waals surface area (Å²) in [6.07, 6.45) is -2.52. The molecule has 4 amide bonds. The number of carboxylic acid groups (broad SMARTS) is 1. The predicted octanol–water partition coefficient (Wildman–Crippen LogP) is 6.45.